The lowest BCUT2D eigenvalue weighted by molar-refractivity contribution is -0.123. The number of benzene rings is 1. The summed E-state index contributed by atoms with van der Waals surface area (Å²) in [6, 6.07) is 7.70. The number of hydrogen-bond acceptors (Lipinski definition) is 2. The van der Waals surface area contributed by atoms with E-state index in [1.165, 1.54) is 0 Å². The number of amides is 1. The van der Waals surface area contributed by atoms with Crippen LogP contribution in [-0.2, 0) is 11.2 Å². The zero-order valence-electron chi connectivity index (χ0n) is 10.9. The van der Waals surface area contributed by atoms with Crippen LogP contribution in [-0.4, -0.2) is 19.1 Å². The molecule has 1 aromatic carbocycles. The van der Waals surface area contributed by atoms with Crippen LogP contribution in [0.1, 0.15) is 25.3 Å². The number of hydrogen-bond donors (Lipinski definition) is 1. The molecule has 0 radical (unpaired) electrons. The van der Waals surface area contributed by atoms with E-state index in [1.807, 2.05) is 30.3 Å². The molecule has 0 bridgehead atoms. The van der Waals surface area contributed by atoms with Gasteiger partial charge >= 0.3 is 0 Å². The fraction of sp³-hybridized carbons (Fsp3) is 0.400. The normalized spacial score (nSPS) is 9.83. The van der Waals surface area contributed by atoms with Crippen LogP contribution >= 0.6 is 0 Å². The molecule has 1 rings (SSSR count). The minimum atomic E-state index is -0.0724. The fourth-order valence-electron chi connectivity index (χ4n) is 1.57. The van der Waals surface area contributed by atoms with Crippen LogP contribution in [0.15, 0.2) is 36.9 Å². The fourth-order valence-corrected chi connectivity index (χ4v) is 1.57. The van der Waals surface area contributed by atoms with E-state index in [4.69, 9.17) is 4.74 Å². The summed E-state index contributed by atoms with van der Waals surface area (Å²) in [6.07, 6.45) is 4.64. The lowest BCUT2D eigenvalue weighted by Crippen LogP contribution is -2.29. The molecule has 0 aromatic heterocycles. The van der Waals surface area contributed by atoms with Crippen LogP contribution in [0.25, 0.3) is 0 Å². The highest BCUT2D eigenvalue weighted by atomic mass is 16.5. The molecule has 3 nitrogen and oxygen atoms in total. The van der Waals surface area contributed by atoms with Crippen molar-refractivity contribution in [3.63, 3.8) is 0 Å². The molecule has 0 saturated carbocycles. The van der Waals surface area contributed by atoms with Gasteiger partial charge in [-0.05, 0) is 24.5 Å². The summed E-state index contributed by atoms with van der Waals surface area (Å²) in [5, 5.41) is 2.82. The monoisotopic (exact) mass is 247 g/mol. The zero-order chi connectivity index (χ0) is 13.2. The van der Waals surface area contributed by atoms with E-state index >= 15 is 0 Å². The van der Waals surface area contributed by atoms with Gasteiger partial charge in [0.05, 0.1) is 0 Å². The van der Waals surface area contributed by atoms with Gasteiger partial charge in [-0.25, -0.2) is 0 Å². The third-order valence-corrected chi connectivity index (χ3v) is 2.55. The Balaban J connectivity index is 2.42. The summed E-state index contributed by atoms with van der Waals surface area (Å²) in [6.45, 7) is 6.58. The molecule has 0 unspecified atom stereocenters. The Bertz CT molecular complexity index is 388. The van der Waals surface area contributed by atoms with E-state index in [2.05, 4.69) is 18.8 Å². The van der Waals surface area contributed by atoms with E-state index in [0.717, 1.165) is 30.6 Å². The average Bonchev–Trinajstić information content (AvgIpc) is 2.38. The second-order valence-electron chi connectivity index (χ2n) is 4.09. The van der Waals surface area contributed by atoms with E-state index in [9.17, 15) is 4.79 Å². The Labute approximate surface area is 109 Å². The van der Waals surface area contributed by atoms with Crippen LogP contribution < -0.4 is 10.1 Å². The molecule has 0 heterocycles. The first-order valence-electron chi connectivity index (χ1n) is 6.36. The highest BCUT2D eigenvalue weighted by Crippen LogP contribution is 2.18. The molecule has 0 fully saturated rings. The van der Waals surface area contributed by atoms with Gasteiger partial charge in [0.1, 0.15) is 5.75 Å². The molecule has 18 heavy (non-hydrogen) atoms. The first kappa shape index (κ1) is 14.3. The van der Waals surface area contributed by atoms with E-state index in [0.29, 0.717) is 6.54 Å². The van der Waals surface area contributed by atoms with Crippen LogP contribution in [0.5, 0.6) is 5.75 Å². The number of carbonyl (C=O) groups is 1. The van der Waals surface area contributed by atoms with Gasteiger partial charge in [0.15, 0.2) is 6.61 Å². The zero-order valence-corrected chi connectivity index (χ0v) is 10.9. The minimum Gasteiger partial charge on any atom is -0.483 e. The van der Waals surface area contributed by atoms with Gasteiger partial charge in [-0.2, -0.15) is 0 Å². The molecule has 0 saturated heterocycles. The summed E-state index contributed by atoms with van der Waals surface area (Å²) in [5.41, 5.74) is 1.05. The maximum absolute atomic E-state index is 11.5. The van der Waals surface area contributed by atoms with Crippen molar-refractivity contribution in [2.75, 3.05) is 13.2 Å². The molecule has 98 valence electrons. The van der Waals surface area contributed by atoms with E-state index < -0.39 is 0 Å². The molecule has 1 amide bonds. The van der Waals surface area contributed by atoms with Crippen molar-refractivity contribution in [3.8, 4) is 5.75 Å². The third kappa shape index (κ3) is 5.04. The van der Waals surface area contributed by atoms with Crippen molar-refractivity contribution in [1.82, 2.24) is 5.32 Å². The van der Waals surface area contributed by atoms with Crippen LogP contribution in [0.4, 0.5) is 0 Å². The summed E-state index contributed by atoms with van der Waals surface area (Å²) in [4.78, 5) is 11.5. The average molecular weight is 247 g/mol. The quantitative estimate of drug-likeness (QED) is 0.566. The largest absolute Gasteiger partial charge is 0.483 e. The lowest BCUT2D eigenvalue weighted by atomic mass is 10.1. The van der Waals surface area contributed by atoms with Gasteiger partial charge in [0.25, 0.3) is 5.91 Å². The molecular weight excluding hydrogens is 226 g/mol. The van der Waals surface area contributed by atoms with E-state index in [-0.39, 0.29) is 12.5 Å². The predicted molar refractivity (Wildman–Crippen MR) is 73.8 cm³/mol. The van der Waals surface area contributed by atoms with Crippen molar-refractivity contribution in [2.45, 2.75) is 26.2 Å². The summed E-state index contributed by atoms with van der Waals surface area (Å²) < 4.78 is 5.52. The lowest BCUT2D eigenvalue weighted by Gasteiger charge is -2.10. The Morgan fingerprint density at radius 1 is 1.44 bits per heavy atom. The Hall–Kier alpha value is -1.77. The van der Waals surface area contributed by atoms with Gasteiger partial charge in [-0.15, -0.1) is 6.58 Å². The number of rotatable bonds is 8. The standard InChI is InChI=1S/C15H21NO2/c1-3-5-11-16-15(17)12-18-14-10-7-6-9-13(14)8-4-2/h4,6-7,9-10H,2-3,5,8,11-12H2,1H3,(H,16,17). The van der Waals surface area contributed by atoms with Gasteiger partial charge < -0.3 is 10.1 Å². The number of carbonyl (C=O) groups excluding carboxylic acids is 1. The van der Waals surface area contributed by atoms with Gasteiger partial charge in [0, 0.05) is 6.54 Å². The summed E-state index contributed by atoms with van der Waals surface area (Å²) >= 11 is 0. The molecule has 0 atom stereocenters. The van der Waals surface area contributed by atoms with Crippen LogP contribution in [0, 0.1) is 0 Å². The Kier molecular flexibility index (Phi) is 6.62. The number of unbranched alkanes of at least 4 members (excludes halogenated alkanes) is 1. The molecule has 1 aromatic rings. The van der Waals surface area contributed by atoms with Crippen molar-refractivity contribution in [3.05, 3.63) is 42.5 Å². The number of nitrogens with one attached hydrogen (secondary N) is 1. The highest BCUT2D eigenvalue weighted by molar-refractivity contribution is 5.77. The van der Waals surface area contributed by atoms with Gasteiger partial charge in [-0.3, -0.25) is 4.79 Å². The Morgan fingerprint density at radius 3 is 2.94 bits per heavy atom. The van der Waals surface area contributed by atoms with Gasteiger partial charge in [0.2, 0.25) is 0 Å². The minimum absolute atomic E-state index is 0.0673. The van der Waals surface area contributed by atoms with Crippen molar-refractivity contribution in [1.29, 1.82) is 0 Å². The first-order valence-corrected chi connectivity index (χ1v) is 6.36. The van der Waals surface area contributed by atoms with Crippen LogP contribution in [0.3, 0.4) is 0 Å². The molecule has 0 aliphatic heterocycles. The summed E-state index contributed by atoms with van der Waals surface area (Å²) in [5.74, 6) is 0.680. The maximum Gasteiger partial charge on any atom is 0.257 e. The second-order valence-corrected chi connectivity index (χ2v) is 4.09. The second kappa shape index (κ2) is 8.34. The summed E-state index contributed by atoms with van der Waals surface area (Å²) in [7, 11) is 0. The molecular formula is C15H21NO2. The van der Waals surface area contributed by atoms with Crippen LogP contribution in [0.2, 0.25) is 0 Å². The third-order valence-electron chi connectivity index (χ3n) is 2.55. The number of ether oxygens (including phenoxy) is 1. The molecule has 0 aliphatic rings. The van der Waals surface area contributed by atoms with Gasteiger partial charge in [-0.1, -0.05) is 37.6 Å². The molecule has 0 spiro atoms. The number of allylic oxidation sites excluding steroid dienone is 1. The SMILES string of the molecule is C=CCc1ccccc1OCC(=O)NCCCC. The highest BCUT2D eigenvalue weighted by Gasteiger charge is 2.05. The predicted octanol–water partition coefficient (Wildman–Crippen LogP) is 2.71. The molecule has 3 heteroatoms. The number of para-hydroxylation sites is 1. The first-order chi connectivity index (χ1) is 8.77. The smallest absolute Gasteiger partial charge is 0.257 e. The topological polar surface area (TPSA) is 38.3 Å². The van der Waals surface area contributed by atoms with E-state index in [1.54, 1.807) is 0 Å². The maximum atomic E-state index is 11.5. The molecule has 1 N–H and O–H groups in total. The Morgan fingerprint density at radius 2 is 2.22 bits per heavy atom. The van der Waals surface area contributed by atoms with Crippen molar-refractivity contribution >= 4 is 5.91 Å². The molecule has 0 aliphatic carbocycles. The van der Waals surface area contributed by atoms with Crippen molar-refractivity contribution < 1.29 is 9.53 Å². The van der Waals surface area contributed by atoms with Crippen molar-refractivity contribution in [2.24, 2.45) is 0 Å².